The van der Waals surface area contributed by atoms with Crippen LogP contribution < -0.4 is 0 Å². The van der Waals surface area contributed by atoms with Gasteiger partial charge in [-0.15, -0.1) is 45.3 Å². The summed E-state index contributed by atoms with van der Waals surface area (Å²) in [4.78, 5) is 22.4. The van der Waals surface area contributed by atoms with Crippen LogP contribution in [0.3, 0.4) is 0 Å². The van der Waals surface area contributed by atoms with Crippen molar-refractivity contribution < 1.29 is 9.90 Å². The molecule has 66 heavy (non-hydrogen) atoms. The third kappa shape index (κ3) is 11.9. The number of carbonyl (C=O) groups is 1. The van der Waals surface area contributed by atoms with Crippen molar-refractivity contribution >= 4 is 79.2 Å². The van der Waals surface area contributed by atoms with Crippen molar-refractivity contribution in [2.24, 2.45) is 0 Å². The molecule has 7 aromatic rings. The summed E-state index contributed by atoms with van der Waals surface area (Å²) in [5.41, 5.74) is 9.25. The Morgan fingerprint density at radius 1 is 0.545 bits per heavy atom. The summed E-state index contributed by atoms with van der Waals surface area (Å²) in [6.07, 6.45) is 25.0. The van der Waals surface area contributed by atoms with Gasteiger partial charge >= 0.3 is 5.97 Å². The molecule has 0 aliphatic carbocycles. The summed E-state index contributed by atoms with van der Waals surface area (Å²) in [7, 11) is 0. The van der Waals surface area contributed by atoms with Gasteiger partial charge in [0.15, 0.2) is 0 Å². The van der Waals surface area contributed by atoms with Crippen LogP contribution >= 0.6 is 45.3 Å². The lowest BCUT2D eigenvalue weighted by Gasteiger charge is -2.03. The number of aliphatic carboxylic acids is 1. The fraction of sp³-hybridized carbons (Fsp3) is 0.448. The van der Waals surface area contributed by atoms with E-state index in [9.17, 15) is 15.2 Å². The Hall–Kier alpha value is -4.26. The van der Waals surface area contributed by atoms with Gasteiger partial charge in [-0.05, 0) is 135 Å². The van der Waals surface area contributed by atoms with Crippen LogP contribution in [-0.4, -0.2) is 15.6 Å². The minimum absolute atomic E-state index is 0.199. The molecule has 1 N–H and O–H groups in total. The highest BCUT2D eigenvalue weighted by molar-refractivity contribution is 7.29. The Morgan fingerprint density at radius 2 is 1.00 bits per heavy atom. The average Bonchev–Trinajstić information content (AvgIpc) is 4.17. The van der Waals surface area contributed by atoms with Gasteiger partial charge in [0.05, 0.1) is 0 Å². The molecule has 7 rings (SSSR count). The van der Waals surface area contributed by atoms with E-state index in [0.29, 0.717) is 0 Å². The Kier molecular flexibility index (Phi) is 18.6. The second-order valence-electron chi connectivity index (χ2n) is 18.1. The van der Waals surface area contributed by atoms with E-state index in [1.165, 1.54) is 162 Å². The summed E-state index contributed by atoms with van der Waals surface area (Å²) in [5, 5.41) is 22.3. The normalized spacial score (nSPS) is 12.0. The topological polar surface area (TPSA) is 66.0 Å². The molecule has 0 fully saturated rings. The molecule has 0 bridgehead atoms. The molecule has 5 aromatic heterocycles. The molecular formula is C58H70N2O2S4. The number of hydrogen-bond donors (Lipinski definition) is 1. The first-order valence-corrected chi connectivity index (χ1v) is 28.5. The Bertz CT molecular complexity index is 2760. The molecule has 0 unspecified atom stereocenters. The van der Waals surface area contributed by atoms with Crippen molar-refractivity contribution in [3.8, 4) is 45.8 Å². The van der Waals surface area contributed by atoms with E-state index in [1.807, 2.05) is 40.1 Å². The number of nitriles is 1. The van der Waals surface area contributed by atoms with E-state index in [-0.39, 0.29) is 5.57 Å². The number of carboxylic acids is 1. The van der Waals surface area contributed by atoms with Crippen molar-refractivity contribution in [1.82, 2.24) is 4.57 Å². The first-order valence-electron chi connectivity index (χ1n) is 25.2. The van der Waals surface area contributed by atoms with E-state index in [2.05, 4.69) is 106 Å². The average molecular weight is 955 g/mol. The first kappa shape index (κ1) is 49.6. The lowest BCUT2D eigenvalue weighted by molar-refractivity contribution is -0.132. The van der Waals surface area contributed by atoms with Crippen molar-refractivity contribution in [1.29, 1.82) is 5.26 Å². The Morgan fingerprint density at radius 3 is 1.50 bits per heavy atom. The number of rotatable bonds is 27. The number of aryl methyl sites for hydroxylation is 5. The van der Waals surface area contributed by atoms with Crippen LogP contribution in [0.5, 0.6) is 0 Å². The minimum Gasteiger partial charge on any atom is -0.477 e. The zero-order valence-corrected chi connectivity index (χ0v) is 43.4. The number of nitrogens with zero attached hydrogens (tertiary/aromatic N) is 2. The van der Waals surface area contributed by atoms with Crippen LogP contribution in [0.25, 0.3) is 67.6 Å². The molecule has 0 amide bonds. The monoisotopic (exact) mass is 954 g/mol. The zero-order chi connectivity index (χ0) is 46.4. The number of benzene rings is 2. The molecular weight excluding hydrogens is 885 g/mol. The smallest absolute Gasteiger partial charge is 0.346 e. The summed E-state index contributed by atoms with van der Waals surface area (Å²) in [5.74, 6) is -1.16. The number of thiophene rings is 4. The maximum Gasteiger partial charge on any atom is 0.346 e. The van der Waals surface area contributed by atoms with E-state index in [4.69, 9.17) is 0 Å². The SMILES string of the molecule is CCCCCCc1cc(-c2sc(-c3sc(-c4sc(-c5ccc6c(c5)c5ccccc5n6CC)cc4CCCCCC)cc3CCCCCC)cc2CCCCCC)sc1C=C(C#N)C(=O)O. The third-order valence-electron chi connectivity index (χ3n) is 13.1. The van der Waals surface area contributed by atoms with Crippen LogP contribution in [0, 0.1) is 11.3 Å². The van der Waals surface area contributed by atoms with E-state index in [0.717, 1.165) is 61.9 Å². The molecule has 4 nitrogen and oxygen atoms in total. The van der Waals surface area contributed by atoms with E-state index < -0.39 is 5.97 Å². The van der Waals surface area contributed by atoms with Crippen LogP contribution in [-0.2, 0) is 37.0 Å². The molecule has 0 radical (unpaired) electrons. The standard InChI is InChI=1S/C58H70N2O2S4/c1-6-11-15-19-25-40-34-52(63-50(40)38-45(39-59)58(61)62)55-43(27-21-17-13-8-3)36-54(65-55)57-44(28-22-18-14-9-4)37-53(66-57)56-42(26-20-16-12-7-2)35-51(64-56)41-31-32-49-47(33-41)46-29-23-24-30-48(46)60(49)10-5/h23-24,29-38H,6-22,25-28H2,1-5H3,(H,61,62). The van der Waals surface area contributed by atoms with E-state index >= 15 is 0 Å². The first-order chi connectivity index (χ1) is 32.3. The molecule has 0 saturated heterocycles. The van der Waals surface area contributed by atoms with Gasteiger partial charge in [0.25, 0.3) is 0 Å². The number of para-hydroxylation sites is 1. The summed E-state index contributed by atoms with van der Waals surface area (Å²) in [6, 6.07) is 27.9. The summed E-state index contributed by atoms with van der Waals surface area (Å²) >= 11 is 7.59. The Labute approximate surface area is 411 Å². The maximum atomic E-state index is 12.0. The molecule has 5 heterocycles. The van der Waals surface area contributed by atoms with Crippen molar-refractivity contribution in [2.75, 3.05) is 0 Å². The van der Waals surface area contributed by atoms with Gasteiger partial charge in [-0.25, -0.2) is 4.79 Å². The minimum atomic E-state index is -1.16. The van der Waals surface area contributed by atoms with Gasteiger partial charge in [-0.1, -0.05) is 129 Å². The lowest BCUT2D eigenvalue weighted by Crippen LogP contribution is -1.97. The zero-order valence-electron chi connectivity index (χ0n) is 40.2. The lowest BCUT2D eigenvalue weighted by atomic mass is 10.0. The van der Waals surface area contributed by atoms with Gasteiger partial charge in [0.2, 0.25) is 0 Å². The second kappa shape index (κ2) is 24.7. The number of fused-ring (bicyclic) bond motifs is 3. The molecule has 0 spiro atoms. The quantitative estimate of drug-likeness (QED) is 0.0317. The van der Waals surface area contributed by atoms with Gasteiger partial charge in [0.1, 0.15) is 11.6 Å². The molecule has 0 atom stereocenters. The van der Waals surface area contributed by atoms with Crippen LogP contribution in [0.1, 0.15) is 164 Å². The third-order valence-corrected chi connectivity index (χ3v) is 18.4. The summed E-state index contributed by atoms with van der Waals surface area (Å²) < 4.78 is 2.45. The molecule has 348 valence electrons. The van der Waals surface area contributed by atoms with Crippen LogP contribution in [0.2, 0.25) is 0 Å². The molecule has 0 saturated carbocycles. The largest absolute Gasteiger partial charge is 0.477 e. The van der Waals surface area contributed by atoms with Crippen LogP contribution in [0.4, 0.5) is 0 Å². The van der Waals surface area contributed by atoms with Crippen molar-refractivity contribution in [3.63, 3.8) is 0 Å². The second-order valence-corrected chi connectivity index (χ2v) is 22.3. The summed E-state index contributed by atoms with van der Waals surface area (Å²) in [6.45, 7) is 12.3. The fourth-order valence-electron chi connectivity index (χ4n) is 9.50. The number of aromatic nitrogens is 1. The number of hydrogen-bond acceptors (Lipinski definition) is 6. The molecule has 0 aliphatic rings. The van der Waals surface area contributed by atoms with Gasteiger partial charge < -0.3 is 9.67 Å². The molecule has 2 aromatic carbocycles. The fourth-order valence-corrected chi connectivity index (χ4v) is 14.7. The number of unbranched alkanes of at least 4 members (excludes halogenated alkanes) is 12. The van der Waals surface area contributed by atoms with Crippen molar-refractivity contribution in [2.45, 2.75) is 170 Å². The molecule has 8 heteroatoms. The highest BCUT2D eigenvalue weighted by Gasteiger charge is 2.23. The Balaban J connectivity index is 1.33. The van der Waals surface area contributed by atoms with Gasteiger partial charge in [-0.3, -0.25) is 0 Å². The van der Waals surface area contributed by atoms with Crippen molar-refractivity contribution in [3.05, 3.63) is 99.4 Å². The predicted octanol–water partition coefficient (Wildman–Crippen LogP) is 19.2. The van der Waals surface area contributed by atoms with Crippen LogP contribution in [0.15, 0.2) is 72.3 Å². The highest BCUT2D eigenvalue weighted by Crippen LogP contribution is 2.50. The van der Waals surface area contributed by atoms with Gasteiger partial charge in [0, 0.05) is 67.4 Å². The van der Waals surface area contributed by atoms with E-state index in [1.54, 1.807) is 17.4 Å². The van der Waals surface area contributed by atoms with Gasteiger partial charge in [-0.2, -0.15) is 5.26 Å². The molecule has 0 aliphatic heterocycles. The maximum absolute atomic E-state index is 12.0. The highest BCUT2D eigenvalue weighted by atomic mass is 32.1. The predicted molar refractivity (Wildman–Crippen MR) is 291 cm³/mol. The number of carboxylic acid groups (broad SMARTS) is 1.